The third-order valence-corrected chi connectivity index (χ3v) is 5.11. The molecule has 3 aromatic rings. The SMILES string of the molecule is C[C@@H](O)CSc1nc2c(c(=O)[nH]c(=O)n2C)n1CCc1ccccc1. The number of nitrogens with one attached hydrogen (secondary N) is 1. The quantitative estimate of drug-likeness (QED) is 0.643. The molecular weight excluding hydrogens is 340 g/mol. The van der Waals surface area contributed by atoms with Gasteiger partial charge in [0, 0.05) is 19.3 Å². The van der Waals surface area contributed by atoms with Crippen LogP contribution < -0.4 is 11.2 Å². The smallest absolute Gasteiger partial charge is 0.329 e. The molecule has 0 unspecified atom stereocenters. The van der Waals surface area contributed by atoms with Crippen LogP contribution in [0, 0.1) is 0 Å². The van der Waals surface area contributed by atoms with Gasteiger partial charge in [-0.2, -0.15) is 0 Å². The summed E-state index contributed by atoms with van der Waals surface area (Å²) in [6.07, 6.45) is 0.242. The van der Waals surface area contributed by atoms with Gasteiger partial charge in [0.2, 0.25) is 0 Å². The molecule has 132 valence electrons. The van der Waals surface area contributed by atoms with E-state index >= 15 is 0 Å². The van der Waals surface area contributed by atoms with Gasteiger partial charge in [0.05, 0.1) is 6.10 Å². The van der Waals surface area contributed by atoms with E-state index in [0.29, 0.717) is 28.6 Å². The molecule has 0 saturated heterocycles. The first-order chi connectivity index (χ1) is 12.0. The van der Waals surface area contributed by atoms with Crippen molar-refractivity contribution in [1.82, 2.24) is 19.1 Å². The number of fused-ring (bicyclic) bond motifs is 1. The number of thioether (sulfide) groups is 1. The standard InChI is InChI=1S/C17H20N4O3S/c1-11(22)10-25-17-18-14-13(15(23)19-16(24)20(14)2)21(17)9-8-12-6-4-3-5-7-12/h3-7,11,22H,8-10H2,1-2H3,(H,19,23,24)/t11-/m1/s1. The molecule has 1 aromatic carbocycles. The van der Waals surface area contributed by atoms with E-state index in [1.807, 2.05) is 34.9 Å². The third-order valence-electron chi connectivity index (χ3n) is 3.89. The number of hydrogen-bond acceptors (Lipinski definition) is 5. The van der Waals surface area contributed by atoms with Gasteiger partial charge in [-0.15, -0.1) is 0 Å². The van der Waals surface area contributed by atoms with Crippen LogP contribution in [0.1, 0.15) is 12.5 Å². The summed E-state index contributed by atoms with van der Waals surface area (Å²) in [5.41, 5.74) is 0.956. The van der Waals surface area contributed by atoms with Gasteiger partial charge in [0.25, 0.3) is 5.56 Å². The van der Waals surface area contributed by atoms with Gasteiger partial charge in [-0.25, -0.2) is 9.78 Å². The number of benzene rings is 1. The van der Waals surface area contributed by atoms with E-state index in [9.17, 15) is 14.7 Å². The predicted molar refractivity (Wildman–Crippen MR) is 98.1 cm³/mol. The van der Waals surface area contributed by atoms with E-state index in [1.54, 1.807) is 14.0 Å². The van der Waals surface area contributed by atoms with Crippen molar-refractivity contribution in [1.29, 1.82) is 0 Å². The molecule has 2 heterocycles. The molecule has 0 radical (unpaired) electrons. The second kappa shape index (κ2) is 7.28. The summed E-state index contributed by atoms with van der Waals surface area (Å²) in [4.78, 5) is 31.0. The van der Waals surface area contributed by atoms with Gasteiger partial charge in [0.1, 0.15) is 0 Å². The molecule has 0 spiro atoms. The van der Waals surface area contributed by atoms with Crippen molar-refractivity contribution in [2.45, 2.75) is 31.1 Å². The van der Waals surface area contributed by atoms with E-state index in [-0.39, 0.29) is 0 Å². The fraction of sp³-hybridized carbons (Fsp3) is 0.353. The summed E-state index contributed by atoms with van der Waals surface area (Å²) in [5, 5.41) is 10.2. The Labute approximate surface area is 148 Å². The van der Waals surface area contributed by atoms with Crippen LogP contribution in [0.25, 0.3) is 11.2 Å². The van der Waals surface area contributed by atoms with Crippen LogP contribution in [0.2, 0.25) is 0 Å². The molecule has 0 aliphatic rings. The van der Waals surface area contributed by atoms with E-state index < -0.39 is 17.4 Å². The Morgan fingerprint density at radius 3 is 2.68 bits per heavy atom. The minimum Gasteiger partial charge on any atom is -0.393 e. The molecule has 0 bridgehead atoms. The maximum Gasteiger partial charge on any atom is 0.329 e. The molecule has 8 heteroatoms. The van der Waals surface area contributed by atoms with Crippen LogP contribution >= 0.6 is 11.8 Å². The van der Waals surface area contributed by atoms with Gasteiger partial charge >= 0.3 is 5.69 Å². The highest BCUT2D eigenvalue weighted by molar-refractivity contribution is 7.99. The molecular formula is C17H20N4O3S. The average Bonchev–Trinajstić information content (AvgIpc) is 2.96. The summed E-state index contributed by atoms with van der Waals surface area (Å²) < 4.78 is 3.16. The number of rotatable bonds is 6. The van der Waals surface area contributed by atoms with Crippen molar-refractivity contribution in [3.63, 3.8) is 0 Å². The zero-order chi connectivity index (χ0) is 18.0. The summed E-state index contributed by atoms with van der Waals surface area (Å²) in [7, 11) is 1.58. The second-order valence-electron chi connectivity index (χ2n) is 5.93. The number of aromatic nitrogens is 4. The van der Waals surface area contributed by atoms with Gasteiger partial charge in [-0.1, -0.05) is 42.1 Å². The van der Waals surface area contributed by atoms with E-state index in [4.69, 9.17) is 0 Å². The first-order valence-electron chi connectivity index (χ1n) is 8.01. The van der Waals surface area contributed by atoms with Crippen LogP contribution in [-0.2, 0) is 20.0 Å². The van der Waals surface area contributed by atoms with Crippen LogP contribution in [0.3, 0.4) is 0 Å². The van der Waals surface area contributed by atoms with Crippen molar-refractivity contribution < 1.29 is 5.11 Å². The van der Waals surface area contributed by atoms with Crippen molar-refractivity contribution in [3.8, 4) is 0 Å². The molecule has 0 amide bonds. The lowest BCUT2D eigenvalue weighted by molar-refractivity contribution is 0.220. The number of aromatic amines is 1. The molecule has 2 N–H and O–H groups in total. The molecule has 0 aliphatic carbocycles. The van der Waals surface area contributed by atoms with Gasteiger partial charge in [0.15, 0.2) is 16.3 Å². The minimum absolute atomic E-state index is 0.356. The van der Waals surface area contributed by atoms with E-state index in [0.717, 1.165) is 12.0 Å². The summed E-state index contributed by atoms with van der Waals surface area (Å²) in [6.45, 7) is 2.26. The Hall–Kier alpha value is -2.32. The molecule has 1 atom stereocenters. The molecule has 0 fully saturated rings. The zero-order valence-electron chi connectivity index (χ0n) is 14.1. The van der Waals surface area contributed by atoms with Crippen molar-refractivity contribution in [3.05, 3.63) is 56.7 Å². The highest BCUT2D eigenvalue weighted by atomic mass is 32.2. The second-order valence-corrected chi connectivity index (χ2v) is 6.92. The lowest BCUT2D eigenvalue weighted by atomic mass is 10.1. The van der Waals surface area contributed by atoms with Crippen LogP contribution in [0.5, 0.6) is 0 Å². The number of H-pyrrole nitrogens is 1. The monoisotopic (exact) mass is 360 g/mol. The Morgan fingerprint density at radius 2 is 2.00 bits per heavy atom. The van der Waals surface area contributed by atoms with Gasteiger partial charge in [-0.05, 0) is 18.9 Å². The topological polar surface area (TPSA) is 92.9 Å². The molecule has 0 aliphatic heterocycles. The molecule has 2 aromatic heterocycles. The number of imidazole rings is 1. The minimum atomic E-state index is -0.491. The zero-order valence-corrected chi connectivity index (χ0v) is 14.9. The predicted octanol–water partition coefficient (Wildman–Crippen LogP) is 1.14. The van der Waals surface area contributed by atoms with Gasteiger partial charge in [-0.3, -0.25) is 14.3 Å². The Kier molecular flexibility index (Phi) is 5.10. The largest absolute Gasteiger partial charge is 0.393 e. The fourth-order valence-corrected chi connectivity index (χ4v) is 3.49. The highest BCUT2D eigenvalue weighted by Gasteiger charge is 2.18. The summed E-state index contributed by atoms with van der Waals surface area (Å²) in [5.74, 6) is 0.459. The van der Waals surface area contributed by atoms with Crippen molar-refractivity contribution in [2.75, 3.05) is 5.75 Å². The van der Waals surface area contributed by atoms with Crippen LogP contribution in [0.15, 0.2) is 45.1 Å². The maximum atomic E-state index is 12.3. The average molecular weight is 360 g/mol. The Morgan fingerprint density at radius 1 is 1.28 bits per heavy atom. The first-order valence-corrected chi connectivity index (χ1v) is 9.00. The van der Waals surface area contributed by atoms with E-state index in [2.05, 4.69) is 9.97 Å². The number of aryl methyl sites for hydroxylation is 3. The fourth-order valence-electron chi connectivity index (χ4n) is 2.61. The lowest BCUT2D eigenvalue weighted by Gasteiger charge is -2.09. The lowest BCUT2D eigenvalue weighted by Crippen LogP contribution is -2.29. The Bertz CT molecular complexity index is 989. The molecule has 7 nitrogen and oxygen atoms in total. The van der Waals surface area contributed by atoms with Crippen molar-refractivity contribution in [2.24, 2.45) is 7.05 Å². The third kappa shape index (κ3) is 3.69. The van der Waals surface area contributed by atoms with Crippen LogP contribution in [0.4, 0.5) is 0 Å². The van der Waals surface area contributed by atoms with Gasteiger partial charge < -0.3 is 9.67 Å². The number of aliphatic hydroxyl groups excluding tert-OH is 1. The van der Waals surface area contributed by atoms with E-state index in [1.165, 1.54) is 16.3 Å². The van der Waals surface area contributed by atoms with Crippen LogP contribution in [-0.4, -0.2) is 36.1 Å². The van der Waals surface area contributed by atoms with Crippen molar-refractivity contribution >= 4 is 22.9 Å². The normalized spacial score (nSPS) is 12.6. The number of aliphatic hydroxyl groups is 1. The Balaban J connectivity index is 2.06. The number of hydrogen-bond donors (Lipinski definition) is 2. The first kappa shape index (κ1) is 17.5. The molecule has 3 rings (SSSR count). The highest BCUT2D eigenvalue weighted by Crippen LogP contribution is 2.22. The molecule has 0 saturated carbocycles. The molecule has 25 heavy (non-hydrogen) atoms. The summed E-state index contributed by atoms with van der Waals surface area (Å²) in [6, 6.07) is 9.96. The maximum absolute atomic E-state index is 12.3. The summed E-state index contributed by atoms with van der Waals surface area (Å²) >= 11 is 1.37. The number of nitrogens with zero attached hydrogens (tertiary/aromatic N) is 3.